The first kappa shape index (κ1) is 19.9. The quantitative estimate of drug-likeness (QED) is 0.816. The molecule has 1 amide bonds. The minimum absolute atomic E-state index is 0.0311. The van der Waals surface area contributed by atoms with Crippen molar-refractivity contribution in [3.63, 3.8) is 0 Å². The summed E-state index contributed by atoms with van der Waals surface area (Å²) in [7, 11) is 0. The normalized spacial score (nSPS) is 18.5. The standard InChI is InChI=1S/C21H21Cl2NO3/c1-12-7-13(2)9-15(8-12)21(27)24-6-5-16(25)11-19(24)20(26)14-3-4-17(22)18(23)10-14/h3-4,7-10,19-20,26H,5-6,11H2,1-2H3/t19-,20-/m1/s1. The number of benzene rings is 2. The van der Waals surface area contributed by atoms with Crippen molar-refractivity contribution in [1.29, 1.82) is 0 Å². The molecule has 1 aliphatic heterocycles. The van der Waals surface area contributed by atoms with Crippen LogP contribution in [0.3, 0.4) is 0 Å². The molecule has 0 aromatic heterocycles. The van der Waals surface area contributed by atoms with Gasteiger partial charge in [-0.2, -0.15) is 0 Å². The predicted octanol–water partition coefficient (Wildman–Crippen LogP) is 4.52. The number of Topliss-reactive ketones (excluding diaryl/α,β-unsaturated/α-hetero) is 1. The van der Waals surface area contributed by atoms with Crippen LogP contribution >= 0.6 is 23.2 Å². The highest BCUT2D eigenvalue weighted by Gasteiger charge is 2.36. The Kier molecular flexibility index (Phi) is 5.89. The van der Waals surface area contributed by atoms with Crippen molar-refractivity contribution in [3.8, 4) is 0 Å². The summed E-state index contributed by atoms with van der Waals surface area (Å²) in [6, 6.07) is 9.85. The summed E-state index contributed by atoms with van der Waals surface area (Å²) in [6.07, 6.45) is -0.627. The number of nitrogens with zero attached hydrogens (tertiary/aromatic N) is 1. The number of amides is 1. The lowest BCUT2D eigenvalue weighted by atomic mass is 9.91. The number of halogens is 2. The molecule has 142 valence electrons. The molecule has 1 saturated heterocycles. The molecule has 0 spiro atoms. The largest absolute Gasteiger partial charge is 0.386 e. The number of hydrogen-bond donors (Lipinski definition) is 1. The highest BCUT2D eigenvalue weighted by atomic mass is 35.5. The Morgan fingerprint density at radius 2 is 1.78 bits per heavy atom. The summed E-state index contributed by atoms with van der Waals surface area (Å²) in [5.41, 5.74) is 3.08. The van der Waals surface area contributed by atoms with E-state index in [0.29, 0.717) is 27.6 Å². The van der Waals surface area contributed by atoms with Gasteiger partial charge in [0, 0.05) is 24.9 Å². The first-order chi connectivity index (χ1) is 12.8. The van der Waals surface area contributed by atoms with Gasteiger partial charge >= 0.3 is 0 Å². The Hall–Kier alpha value is -1.88. The summed E-state index contributed by atoms with van der Waals surface area (Å²) < 4.78 is 0. The summed E-state index contributed by atoms with van der Waals surface area (Å²) in [5, 5.41) is 11.6. The molecule has 0 radical (unpaired) electrons. The molecule has 6 heteroatoms. The molecular weight excluding hydrogens is 385 g/mol. The second kappa shape index (κ2) is 8.01. The van der Waals surface area contributed by atoms with Crippen LogP contribution in [0, 0.1) is 13.8 Å². The Bertz CT molecular complexity index is 877. The van der Waals surface area contributed by atoms with E-state index in [-0.39, 0.29) is 24.7 Å². The van der Waals surface area contributed by atoms with Gasteiger partial charge in [0.15, 0.2) is 0 Å². The van der Waals surface area contributed by atoms with E-state index >= 15 is 0 Å². The Balaban J connectivity index is 1.93. The Labute approximate surface area is 168 Å². The first-order valence-electron chi connectivity index (χ1n) is 8.80. The number of aliphatic hydroxyl groups excluding tert-OH is 1. The van der Waals surface area contributed by atoms with E-state index in [1.165, 1.54) is 0 Å². The van der Waals surface area contributed by atoms with Gasteiger partial charge in [-0.15, -0.1) is 0 Å². The molecule has 4 nitrogen and oxygen atoms in total. The van der Waals surface area contributed by atoms with Crippen LogP contribution in [0.2, 0.25) is 10.0 Å². The SMILES string of the molecule is Cc1cc(C)cc(C(=O)N2CCC(=O)C[C@@H]2[C@H](O)c2ccc(Cl)c(Cl)c2)c1. The molecule has 2 atom stereocenters. The predicted molar refractivity (Wildman–Crippen MR) is 106 cm³/mol. The molecule has 0 aliphatic carbocycles. The van der Waals surface area contributed by atoms with Crippen molar-refractivity contribution in [2.24, 2.45) is 0 Å². The Morgan fingerprint density at radius 3 is 2.41 bits per heavy atom. The molecule has 1 heterocycles. The number of aryl methyl sites for hydroxylation is 2. The van der Waals surface area contributed by atoms with E-state index in [0.717, 1.165) is 11.1 Å². The lowest BCUT2D eigenvalue weighted by molar-refractivity contribution is -0.124. The van der Waals surface area contributed by atoms with E-state index in [1.54, 1.807) is 23.1 Å². The maximum Gasteiger partial charge on any atom is 0.254 e. The molecule has 2 aromatic rings. The van der Waals surface area contributed by atoms with Crippen LogP contribution in [-0.4, -0.2) is 34.3 Å². The number of ketones is 1. The molecule has 27 heavy (non-hydrogen) atoms. The van der Waals surface area contributed by atoms with Crippen LogP contribution in [0.25, 0.3) is 0 Å². The van der Waals surface area contributed by atoms with Crippen LogP contribution in [0.1, 0.15) is 46.0 Å². The number of likely N-dealkylation sites (tertiary alicyclic amines) is 1. The number of piperidine rings is 1. The van der Waals surface area contributed by atoms with E-state index in [1.807, 2.05) is 32.0 Å². The van der Waals surface area contributed by atoms with Gasteiger partial charge in [0.1, 0.15) is 5.78 Å². The van der Waals surface area contributed by atoms with Crippen LogP contribution in [0.15, 0.2) is 36.4 Å². The van der Waals surface area contributed by atoms with Crippen molar-refractivity contribution >= 4 is 34.9 Å². The van der Waals surface area contributed by atoms with Gasteiger partial charge in [0.25, 0.3) is 5.91 Å². The van der Waals surface area contributed by atoms with Crippen LogP contribution in [0.5, 0.6) is 0 Å². The zero-order valence-electron chi connectivity index (χ0n) is 15.2. The fraction of sp³-hybridized carbons (Fsp3) is 0.333. The van der Waals surface area contributed by atoms with Gasteiger partial charge in [0.2, 0.25) is 0 Å². The maximum atomic E-state index is 13.1. The monoisotopic (exact) mass is 405 g/mol. The second-order valence-corrected chi connectivity index (χ2v) is 7.87. The molecule has 2 aromatic carbocycles. The third-order valence-electron chi connectivity index (χ3n) is 4.85. The number of carbonyl (C=O) groups excluding carboxylic acids is 2. The third kappa shape index (κ3) is 4.34. The first-order valence-corrected chi connectivity index (χ1v) is 9.56. The van der Waals surface area contributed by atoms with Gasteiger partial charge in [0.05, 0.1) is 22.2 Å². The summed E-state index contributed by atoms with van der Waals surface area (Å²) in [5.74, 6) is -0.151. The lowest BCUT2D eigenvalue weighted by Crippen LogP contribution is -2.49. The maximum absolute atomic E-state index is 13.1. The Morgan fingerprint density at radius 1 is 1.11 bits per heavy atom. The van der Waals surface area contributed by atoms with Crippen molar-refractivity contribution in [1.82, 2.24) is 4.90 Å². The fourth-order valence-corrected chi connectivity index (χ4v) is 3.88. The van der Waals surface area contributed by atoms with E-state index in [4.69, 9.17) is 23.2 Å². The molecule has 0 saturated carbocycles. The average molecular weight is 406 g/mol. The molecule has 0 bridgehead atoms. The molecule has 0 unspecified atom stereocenters. The number of rotatable bonds is 3. The molecular formula is C21H21Cl2NO3. The van der Waals surface area contributed by atoms with E-state index in [9.17, 15) is 14.7 Å². The minimum atomic E-state index is -1.03. The molecule has 1 N–H and O–H groups in total. The molecule has 3 rings (SSSR count). The fourth-order valence-electron chi connectivity index (χ4n) is 3.57. The summed E-state index contributed by atoms with van der Waals surface area (Å²) >= 11 is 12.0. The van der Waals surface area contributed by atoms with Gasteiger partial charge in [-0.1, -0.05) is 46.5 Å². The van der Waals surface area contributed by atoms with E-state index in [2.05, 4.69) is 0 Å². The van der Waals surface area contributed by atoms with Crippen LogP contribution in [-0.2, 0) is 4.79 Å². The summed E-state index contributed by atoms with van der Waals surface area (Å²) in [6.45, 7) is 4.16. The van der Waals surface area contributed by atoms with Crippen molar-refractivity contribution < 1.29 is 14.7 Å². The van der Waals surface area contributed by atoms with Crippen LogP contribution in [0.4, 0.5) is 0 Å². The van der Waals surface area contributed by atoms with Gasteiger partial charge in [-0.25, -0.2) is 0 Å². The van der Waals surface area contributed by atoms with Crippen LogP contribution < -0.4 is 0 Å². The topological polar surface area (TPSA) is 57.6 Å². The lowest BCUT2D eigenvalue weighted by Gasteiger charge is -2.38. The van der Waals surface area contributed by atoms with Crippen molar-refractivity contribution in [2.75, 3.05) is 6.54 Å². The van der Waals surface area contributed by atoms with Crippen molar-refractivity contribution in [2.45, 2.75) is 38.8 Å². The number of aliphatic hydroxyl groups is 1. The number of carbonyl (C=O) groups is 2. The van der Waals surface area contributed by atoms with Crippen molar-refractivity contribution in [3.05, 3.63) is 68.7 Å². The zero-order chi connectivity index (χ0) is 19.7. The molecule has 1 fully saturated rings. The number of hydrogen-bond acceptors (Lipinski definition) is 3. The third-order valence-corrected chi connectivity index (χ3v) is 5.59. The van der Waals surface area contributed by atoms with Gasteiger partial charge in [-0.05, 0) is 43.7 Å². The highest BCUT2D eigenvalue weighted by Crippen LogP contribution is 2.32. The zero-order valence-corrected chi connectivity index (χ0v) is 16.7. The van der Waals surface area contributed by atoms with E-state index < -0.39 is 12.1 Å². The minimum Gasteiger partial charge on any atom is -0.386 e. The second-order valence-electron chi connectivity index (χ2n) is 7.05. The van der Waals surface area contributed by atoms with Gasteiger partial charge < -0.3 is 10.0 Å². The summed E-state index contributed by atoms with van der Waals surface area (Å²) in [4.78, 5) is 26.8. The molecule has 1 aliphatic rings. The van der Waals surface area contributed by atoms with Gasteiger partial charge in [-0.3, -0.25) is 9.59 Å². The smallest absolute Gasteiger partial charge is 0.254 e. The highest BCUT2D eigenvalue weighted by molar-refractivity contribution is 6.42. The average Bonchev–Trinajstić information content (AvgIpc) is 2.62.